The molecule has 0 radical (unpaired) electrons. The summed E-state index contributed by atoms with van der Waals surface area (Å²) in [6.07, 6.45) is 10.3. The van der Waals surface area contributed by atoms with Crippen molar-refractivity contribution in [2.75, 3.05) is 36.7 Å². The third kappa shape index (κ3) is 5.92. The van der Waals surface area contributed by atoms with Gasteiger partial charge in [-0.05, 0) is 73.2 Å². The maximum atomic E-state index is 14.2. The zero-order valence-corrected chi connectivity index (χ0v) is 22.6. The van der Waals surface area contributed by atoms with Crippen LogP contribution in [-0.2, 0) is 22.7 Å². The molecular weight excluding hydrogens is 503 g/mol. The quantitative estimate of drug-likeness (QED) is 0.433. The summed E-state index contributed by atoms with van der Waals surface area (Å²) in [4.78, 5) is 15.3. The second kappa shape index (κ2) is 10.6. The highest BCUT2D eigenvalue weighted by molar-refractivity contribution is 7.92. The molecule has 3 heterocycles. The van der Waals surface area contributed by atoms with Gasteiger partial charge in [-0.25, -0.2) is 18.6 Å². The smallest absolute Gasteiger partial charge is 0.229 e. The number of anilines is 4. The van der Waals surface area contributed by atoms with Gasteiger partial charge in [0.15, 0.2) is 17.5 Å². The Morgan fingerprint density at radius 1 is 1.18 bits per heavy atom. The van der Waals surface area contributed by atoms with Crippen molar-refractivity contribution in [2.45, 2.75) is 44.6 Å². The van der Waals surface area contributed by atoms with Gasteiger partial charge in [-0.2, -0.15) is 14.6 Å². The highest BCUT2D eigenvalue weighted by Gasteiger charge is 2.25. The minimum atomic E-state index is -2.61. The Balaban J connectivity index is 1.46. The Morgan fingerprint density at radius 2 is 1.97 bits per heavy atom. The number of rotatable bonds is 6. The molecule has 1 aliphatic carbocycles. The molecule has 0 amide bonds. The first-order valence-electron chi connectivity index (χ1n) is 12.7. The maximum Gasteiger partial charge on any atom is 0.229 e. The van der Waals surface area contributed by atoms with Gasteiger partial charge in [-0.1, -0.05) is 12.8 Å². The Morgan fingerprint density at radius 3 is 2.71 bits per heavy atom. The first-order valence-corrected chi connectivity index (χ1v) is 15.0. The Kier molecular flexibility index (Phi) is 7.27. The van der Waals surface area contributed by atoms with Gasteiger partial charge in [0.25, 0.3) is 0 Å². The molecule has 0 spiro atoms. The number of hydrogen-bond acceptors (Lipinski definition) is 9. The normalized spacial score (nSPS) is 16.1. The van der Waals surface area contributed by atoms with E-state index in [-0.39, 0.29) is 23.0 Å². The van der Waals surface area contributed by atoms with Crippen LogP contribution in [0, 0.1) is 17.1 Å². The largest absolute Gasteiger partial charge is 0.324 e. The van der Waals surface area contributed by atoms with Crippen molar-refractivity contribution in [1.29, 1.82) is 5.26 Å². The average Bonchev–Trinajstić information content (AvgIpc) is 3.40. The van der Waals surface area contributed by atoms with Crippen molar-refractivity contribution in [1.82, 2.24) is 19.9 Å². The lowest BCUT2D eigenvalue weighted by molar-refractivity contribution is 0.311. The van der Waals surface area contributed by atoms with Gasteiger partial charge in [-0.3, -0.25) is 0 Å². The fraction of sp³-hybridized carbons (Fsp3) is 0.407. The molecule has 1 fully saturated rings. The van der Waals surface area contributed by atoms with E-state index < -0.39 is 15.5 Å². The summed E-state index contributed by atoms with van der Waals surface area (Å²) in [5, 5.41) is 15.9. The second-order valence-electron chi connectivity index (χ2n) is 10.3. The van der Waals surface area contributed by atoms with Crippen LogP contribution in [0.3, 0.4) is 0 Å². The number of aromatic nitrogens is 3. The van der Waals surface area contributed by atoms with Crippen molar-refractivity contribution >= 4 is 38.8 Å². The van der Waals surface area contributed by atoms with Gasteiger partial charge >= 0.3 is 0 Å². The minimum absolute atomic E-state index is 0.202. The van der Waals surface area contributed by atoms with Gasteiger partial charge in [0.1, 0.15) is 17.5 Å². The molecule has 2 N–H and O–H groups in total. The van der Waals surface area contributed by atoms with Gasteiger partial charge in [0.05, 0.1) is 6.20 Å². The van der Waals surface area contributed by atoms with Gasteiger partial charge in [0, 0.05) is 41.0 Å². The molecule has 1 aromatic carbocycles. The minimum Gasteiger partial charge on any atom is -0.324 e. The van der Waals surface area contributed by atoms with E-state index in [1.807, 2.05) is 0 Å². The number of pyridine rings is 1. The molecule has 2 aliphatic rings. The van der Waals surface area contributed by atoms with E-state index in [2.05, 4.69) is 60.1 Å². The van der Waals surface area contributed by atoms with Crippen LogP contribution >= 0.6 is 0 Å². The Bertz CT molecular complexity index is 1530. The van der Waals surface area contributed by atoms with E-state index in [1.54, 1.807) is 0 Å². The van der Waals surface area contributed by atoms with Crippen molar-refractivity contribution < 1.29 is 8.60 Å². The van der Waals surface area contributed by atoms with Crippen molar-refractivity contribution in [3.05, 3.63) is 58.5 Å². The molecule has 2 aromatic heterocycles. The number of nitriles is 1. The SMILES string of the molecule is CN1CCc2c(cc(Nc3ncc(C#N)c(Nc4ccc(F)c(N=S(C)(C)=O)n4)n3)cc2C2CCCC2)C1. The van der Waals surface area contributed by atoms with Crippen LogP contribution in [0.25, 0.3) is 0 Å². The number of nitrogens with one attached hydrogen (secondary N) is 2. The number of nitrogens with zero attached hydrogens (tertiary/aromatic N) is 6. The average molecular weight is 535 g/mol. The summed E-state index contributed by atoms with van der Waals surface area (Å²) >= 11 is 0. The molecular formula is C27H31FN8OS. The summed E-state index contributed by atoms with van der Waals surface area (Å²) in [6, 6.07) is 9.06. The molecule has 1 aliphatic heterocycles. The number of hydrogen-bond donors (Lipinski definition) is 2. The van der Waals surface area contributed by atoms with E-state index in [9.17, 15) is 13.9 Å². The van der Waals surface area contributed by atoms with Crippen LogP contribution in [0.1, 0.15) is 53.9 Å². The van der Waals surface area contributed by atoms with Crippen LogP contribution in [0.5, 0.6) is 0 Å². The molecule has 38 heavy (non-hydrogen) atoms. The standard InChI is InChI=1S/C27H31FN8OS/c1-36-11-10-21-18(16-36)12-20(13-22(21)17-6-4-5-7-17)31-27-30-15-19(14-29)25(34-27)32-24-9-8-23(28)26(33-24)35-38(2,3)37/h8-9,12-13,15,17H,4-7,10-11,16H2,1-3H3,(H2,30,31,32,33,34). The summed E-state index contributed by atoms with van der Waals surface area (Å²) in [5.41, 5.74) is 5.35. The van der Waals surface area contributed by atoms with Crippen LogP contribution in [-0.4, -0.2) is 50.2 Å². The predicted octanol–water partition coefficient (Wildman–Crippen LogP) is 5.37. The van der Waals surface area contributed by atoms with Crippen LogP contribution in [0.15, 0.2) is 34.8 Å². The number of halogens is 1. The molecule has 3 aromatic rings. The zero-order valence-electron chi connectivity index (χ0n) is 21.8. The number of fused-ring (bicyclic) bond motifs is 1. The van der Waals surface area contributed by atoms with E-state index in [4.69, 9.17) is 0 Å². The highest BCUT2D eigenvalue weighted by atomic mass is 32.2. The fourth-order valence-electron chi connectivity index (χ4n) is 5.19. The van der Waals surface area contributed by atoms with Crippen LogP contribution < -0.4 is 10.6 Å². The van der Waals surface area contributed by atoms with Crippen molar-refractivity contribution in [3.63, 3.8) is 0 Å². The molecule has 0 unspecified atom stereocenters. The second-order valence-corrected chi connectivity index (χ2v) is 12.8. The lowest BCUT2D eigenvalue weighted by Gasteiger charge is -2.29. The fourth-order valence-corrected chi connectivity index (χ4v) is 5.74. The third-order valence-electron chi connectivity index (χ3n) is 6.90. The van der Waals surface area contributed by atoms with Crippen molar-refractivity contribution in [3.8, 4) is 6.07 Å². The van der Waals surface area contributed by atoms with E-state index in [0.717, 1.165) is 25.2 Å². The number of benzene rings is 1. The molecule has 0 saturated heterocycles. The topological polar surface area (TPSA) is 119 Å². The van der Waals surface area contributed by atoms with Crippen LogP contribution in [0.4, 0.5) is 33.5 Å². The van der Waals surface area contributed by atoms with E-state index >= 15 is 0 Å². The third-order valence-corrected chi connectivity index (χ3v) is 7.51. The number of likely N-dealkylation sites (N-methyl/N-ethyl adjacent to an activating group) is 1. The first kappa shape index (κ1) is 26.0. The summed E-state index contributed by atoms with van der Waals surface area (Å²) in [5.74, 6) is 0.388. The first-order chi connectivity index (χ1) is 18.2. The van der Waals surface area contributed by atoms with Gasteiger partial charge in [-0.15, -0.1) is 0 Å². The molecule has 9 nitrogen and oxygen atoms in total. The Labute approximate surface area is 222 Å². The molecule has 1 saturated carbocycles. The summed E-state index contributed by atoms with van der Waals surface area (Å²) < 4.78 is 30.1. The monoisotopic (exact) mass is 534 g/mol. The van der Waals surface area contributed by atoms with E-state index in [0.29, 0.717) is 11.9 Å². The van der Waals surface area contributed by atoms with Gasteiger partial charge in [0.2, 0.25) is 5.95 Å². The lowest BCUT2D eigenvalue weighted by atomic mass is 9.86. The molecule has 0 atom stereocenters. The van der Waals surface area contributed by atoms with Crippen LogP contribution in [0.2, 0.25) is 0 Å². The predicted molar refractivity (Wildman–Crippen MR) is 147 cm³/mol. The van der Waals surface area contributed by atoms with E-state index in [1.165, 1.54) is 73.2 Å². The summed E-state index contributed by atoms with van der Waals surface area (Å²) in [7, 11) is -0.469. The Hall–Kier alpha value is -3.62. The lowest BCUT2D eigenvalue weighted by Crippen LogP contribution is -2.27. The molecule has 0 bridgehead atoms. The summed E-state index contributed by atoms with van der Waals surface area (Å²) in [6.45, 7) is 1.96. The zero-order chi connectivity index (χ0) is 26.9. The maximum absolute atomic E-state index is 14.2. The molecule has 5 rings (SSSR count). The molecule has 11 heteroatoms. The van der Waals surface area contributed by atoms with Gasteiger partial charge < -0.3 is 15.5 Å². The molecule has 198 valence electrons. The highest BCUT2D eigenvalue weighted by Crippen LogP contribution is 2.40. The van der Waals surface area contributed by atoms with Crippen molar-refractivity contribution in [2.24, 2.45) is 4.36 Å².